The average molecular weight is 511 g/mol. The number of carboxylic acid groups (broad SMARTS) is 1. The second kappa shape index (κ2) is 10.9. The highest BCUT2D eigenvalue weighted by Gasteiger charge is 2.26. The van der Waals surface area contributed by atoms with E-state index in [1.54, 1.807) is 36.4 Å². The van der Waals surface area contributed by atoms with Crippen molar-refractivity contribution in [2.24, 2.45) is 0 Å². The third-order valence-corrected chi connectivity index (χ3v) is 7.72. The zero-order chi connectivity index (χ0) is 25.7. The highest BCUT2D eigenvalue weighted by Crippen LogP contribution is 2.32. The first-order valence-electron chi connectivity index (χ1n) is 11.8. The molecule has 1 heterocycles. The molecule has 0 radical (unpaired) electrons. The molecular formula is C27H30N2O6S. The lowest BCUT2D eigenvalue weighted by Gasteiger charge is -2.33. The fourth-order valence-electron chi connectivity index (χ4n) is 4.19. The number of ether oxygens (including phenoxy) is 2. The lowest BCUT2D eigenvalue weighted by Crippen LogP contribution is -2.41. The predicted molar refractivity (Wildman–Crippen MR) is 139 cm³/mol. The van der Waals surface area contributed by atoms with E-state index in [4.69, 9.17) is 14.6 Å². The lowest BCUT2D eigenvalue weighted by molar-refractivity contribution is -0.136. The van der Waals surface area contributed by atoms with Crippen LogP contribution in [0.15, 0.2) is 77.7 Å². The molecule has 3 aromatic rings. The molecule has 4 rings (SSSR count). The van der Waals surface area contributed by atoms with Crippen molar-refractivity contribution in [1.82, 2.24) is 0 Å². The number of fused-ring (bicyclic) bond motifs is 1. The van der Waals surface area contributed by atoms with Crippen molar-refractivity contribution in [1.29, 1.82) is 0 Å². The van der Waals surface area contributed by atoms with E-state index in [0.717, 1.165) is 11.4 Å². The summed E-state index contributed by atoms with van der Waals surface area (Å²) in [6.07, 6.45) is 0.264. The number of benzene rings is 3. The largest absolute Gasteiger partial charge is 0.490 e. The quantitative estimate of drug-likeness (QED) is 0.437. The van der Waals surface area contributed by atoms with Crippen LogP contribution in [0.3, 0.4) is 0 Å². The van der Waals surface area contributed by atoms with Crippen molar-refractivity contribution in [3.05, 3.63) is 78.4 Å². The van der Waals surface area contributed by atoms with Crippen LogP contribution >= 0.6 is 0 Å². The molecule has 1 N–H and O–H groups in total. The van der Waals surface area contributed by atoms with Gasteiger partial charge < -0.3 is 19.5 Å². The van der Waals surface area contributed by atoms with Crippen molar-refractivity contribution < 1.29 is 27.8 Å². The highest BCUT2D eigenvalue weighted by molar-refractivity contribution is 7.92. The number of rotatable bonds is 10. The van der Waals surface area contributed by atoms with Gasteiger partial charge in [-0.2, -0.15) is 0 Å². The van der Waals surface area contributed by atoms with Gasteiger partial charge >= 0.3 is 5.97 Å². The Bertz CT molecular complexity index is 1310. The molecule has 0 amide bonds. The minimum atomic E-state index is -3.86. The molecule has 1 atom stereocenters. The Morgan fingerprint density at radius 2 is 1.86 bits per heavy atom. The van der Waals surface area contributed by atoms with Crippen LogP contribution in [0.1, 0.15) is 18.9 Å². The number of anilines is 2. The van der Waals surface area contributed by atoms with Crippen molar-refractivity contribution in [2.45, 2.75) is 30.8 Å². The fourth-order valence-corrected chi connectivity index (χ4v) is 5.74. The lowest BCUT2D eigenvalue weighted by atomic mass is 10.1. The number of hydrogen-bond acceptors (Lipinski definition) is 6. The zero-order valence-corrected chi connectivity index (χ0v) is 21.1. The van der Waals surface area contributed by atoms with Gasteiger partial charge in [0.05, 0.1) is 29.2 Å². The third-order valence-electron chi connectivity index (χ3n) is 5.88. The topological polar surface area (TPSA) is 96.4 Å². The smallest absolute Gasteiger partial charge is 0.307 e. The summed E-state index contributed by atoms with van der Waals surface area (Å²) in [5, 5.41) is 9.09. The van der Waals surface area contributed by atoms with E-state index >= 15 is 0 Å². The van der Waals surface area contributed by atoms with Crippen LogP contribution in [0.2, 0.25) is 0 Å². The Morgan fingerprint density at radius 1 is 1.11 bits per heavy atom. The van der Waals surface area contributed by atoms with Gasteiger partial charge in [0.15, 0.2) is 0 Å². The Kier molecular flexibility index (Phi) is 7.69. The number of para-hydroxylation sites is 2. The second-order valence-corrected chi connectivity index (χ2v) is 10.6. The summed E-state index contributed by atoms with van der Waals surface area (Å²) in [5.74, 6) is 0.386. The van der Waals surface area contributed by atoms with Crippen molar-refractivity contribution in [2.75, 3.05) is 35.9 Å². The maximum absolute atomic E-state index is 13.5. The Labute approximate surface area is 211 Å². The summed E-state index contributed by atoms with van der Waals surface area (Å²) in [6.45, 7) is 3.16. The minimum absolute atomic E-state index is 0.134. The van der Waals surface area contributed by atoms with E-state index in [2.05, 4.69) is 4.90 Å². The number of likely N-dealkylation sites (N-methyl/N-ethyl adjacent to an activating group) is 1. The van der Waals surface area contributed by atoms with Gasteiger partial charge in [0.2, 0.25) is 0 Å². The van der Waals surface area contributed by atoms with Gasteiger partial charge in [-0.15, -0.1) is 0 Å². The van der Waals surface area contributed by atoms with Gasteiger partial charge in [-0.05, 0) is 60.5 Å². The van der Waals surface area contributed by atoms with E-state index < -0.39 is 16.0 Å². The van der Waals surface area contributed by atoms with Crippen LogP contribution in [0.4, 0.5) is 11.4 Å². The van der Waals surface area contributed by atoms with E-state index in [1.165, 1.54) is 16.4 Å². The molecule has 190 valence electrons. The summed E-state index contributed by atoms with van der Waals surface area (Å²) < 4.78 is 40.2. The second-order valence-electron chi connectivity index (χ2n) is 8.69. The number of aliphatic carboxylic acids is 1. The first kappa shape index (κ1) is 25.4. The summed E-state index contributed by atoms with van der Waals surface area (Å²) in [4.78, 5) is 13.4. The van der Waals surface area contributed by atoms with E-state index in [1.807, 2.05) is 38.2 Å². The SMILES string of the molecule is CCCN(c1cccc(CC(=O)O)c1)S(=O)(=O)c1ccc(OC[C@@H]2CN(C)c3ccccc3O2)cc1. The summed E-state index contributed by atoms with van der Waals surface area (Å²) >= 11 is 0. The fraction of sp³-hybridized carbons (Fsp3) is 0.296. The number of hydrogen-bond donors (Lipinski definition) is 1. The molecule has 0 fully saturated rings. The normalized spacial score (nSPS) is 15.1. The van der Waals surface area contributed by atoms with Crippen LogP contribution in [-0.2, 0) is 21.2 Å². The van der Waals surface area contributed by atoms with Crippen LogP contribution in [0, 0.1) is 0 Å². The third kappa shape index (κ3) is 5.73. The highest BCUT2D eigenvalue weighted by atomic mass is 32.2. The standard InChI is InChI=1S/C27H30N2O6S/c1-3-15-29(21-8-6-7-20(16-21)17-27(30)31)36(32,33)24-13-11-22(12-14-24)34-19-23-18-28(2)25-9-4-5-10-26(25)35-23/h4-14,16,23H,3,15,17-19H2,1-2H3,(H,30,31)/t23-/m0/s1. The molecular weight excluding hydrogens is 480 g/mol. The summed E-state index contributed by atoms with van der Waals surface area (Å²) in [7, 11) is -1.85. The predicted octanol–water partition coefficient (Wildman–Crippen LogP) is 4.20. The number of nitrogens with zero attached hydrogens (tertiary/aromatic N) is 2. The maximum atomic E-state index is 13.5. The molecule has 8 nitrogen and oxygen atoms in total. The molecule has 0 aliphatic carbocycles. The van der Waals surface area contributed by atoms with Crippen LogP contribution < -0.4 is 18.7 Å². The van der Waals surface area contributed by atoms with Crippen molar-refractivity contribution in [3.63, 3.8) is 0 Å². The maximum Gasteiger partial charge on any atom is 0.307 e. The monoisotopic (exact) mass is 510 g/mol. The van der Waals surface area contributed by atoms with E-state index in [-0.39, 0.29) is 24.0 Å². The zero-order valence-electron chi connectivity index (χ0n) is 20.3. The number of sulfonamides is 1. The van der Waals surface area contributed by atoms with Gasteiger partial charge in [0.25, 0.3) is 10.0 Å². The molecule has 0 unspecified atom stereocenters. The Morgan fingerprint density at radius 3 is 2.58 bits per heavy atom. The van der Waals surface area contributed by atoms with Gasteiger partial charge in [0.1, 0.15) is 24.2 Å². The molecule has 1 aliphatic rings. The molecule has 0 saturated heterocycles. The molecule has 0 spiro atoms. The molecule has 0 aromatic heterocycles. The Hall–Kier alpha value is -3.72. The van der Waals surface area contributed by atoms with Gasteiger partial charge in [-0.25, -0.2) is 8.42 Å². The molecule has 0 saturated carbocycles. The van der Waals surface area contributed by atoms with Gasteiger partial charge in [-0.1, -0.05) is 31.2 Å². The molecule has 1 aliphatic heterocycles. The first-order valence-corrected chi connectivity index (χ1v) is 13.2. The van der Waals surface area contributed by atoms with Gasteiger partial charge in [-0.3, -0.25) is 9.10 Å². The van der Waals surface area contributed by atoms with E-state index in [9.17, 15) is 13.2 Å². The Balaban J connectivity index is 1.46. The minimum Gasteiger partial charge on any atom is -0.490 e. The number of carboxylic acids is 1. The van der Waals surface area contributed by atoms with Crippen LogP contribution in [-0.4, -0.2) is 52.3 Å². The van der Waals surface area contributed by atoms with E-state index in [0.29, 0.717) is 36.6 Å². The van der Waals surface area contributed by atoms with Gasteiger partial charge in [0, 0.05) is 13.6 Å². The van der Waals surface area contributed by atoms with Crippen LogP contribution in [0.25, 0.3) is 0 Å². The average Bonchev–Trinajstić information content (AvgIpc) is 2.86. The summed E-state index contributed by atoms with van der Waals surface area (Å²) in [6, 6.07) is 20.8. The summed E-state index contributed by atoms with van der Waals surface area (Å²) in [5.41, 5.74) is 2.02. The van der Waals surface area contributed by atoms with Crippen molar-refractivity contribution in [3.8, 4) is 11.5 Å². The molecule has 3 aromatic carbocycles. The first-order chi connectivity index (χ1) is 17.3. The molecule has 36 heavy (non-hydrogen) atoms. The number of carbonyl (C=O) groups is 1. The molecule has 0 bridgehead atoms. The van der Waals surface area contributed by atoms with Crippen LogP contribution in [0.5, 0.6) is 11.5 Å². The van der Waals surface area contributed by atoms with Crippen molar-refractivity contribution >= 4 is 27.4 Å². The molecule has 9 heteroatoms.